The molecule has 0 radical (unpaired) electrons. The Hall–Kier alpha value is -2.31. The fourth-order valence-corrected chi connectivity index (χ4v) is 4.52. The monoisotopic (exact) mass is 380 g/mol. The summed E-state index contributed by atoms with van der Waals surface area (Å²) in [4.78, 5) is 22.7. The van der Waals surface area contributed by atoms with Gasteiger partial charge in [0.15, 0.2) is 0 Å². The van der Waals surface area contributed by atoms with Crippen molar-refractivity contribution < 1.29 is 9.53 Å². The topological polar surface area (TPSA) is 67.3 Å². The molecule has 3 heterocycles. The van der Waals surface area contributed by atoms with Crippen molar-refractivity contribution in [1.29, 1.82) is 0 Å². The first kappa shape index (κ1) is 19.0. The summed E-state index contributed by atoms with van der Waals surface area (Å²) >= 11 is 0. The van der Waals surface area contributed by atoms with Crippen molar-refractivity contribution in [3.8, 4) is 0 Å². The molecule has 2 atom stereocenters. The van der Waals surface area contributed by atoms with Gasteiger partial charge in [0.1, 0.15) is 5.69 Å². The zero-order valence-electron chi connectivity index (χ0n) is 16.4. The van der Waals surface area contributed by atoms with E-state index in [9.17, 15) is 4.79 Å². The highest BCUT2D eigenvalue weighted by Crippen LogP contribution is 2.43. The molecule has 2 saturated heterocycles. The number of aromatic nitrogens is 2. The van der Waals surface area contributed by atoms with Crippen LogP contribution in [0, 0.1) is 0 Å². The highest BCUT2D eigenvalue weighted by atomic mass is 16.5. The zero-order chi connectivity index (χ0) is 19.4. The molecule has 0 unspecified atom stereocenters. The first-order valence-electron chi connectivity index (χ1n) is 10.2. The van der Waals surface area contributed by atoms with Gasteiger partial charge in [0.05, 0.1) is 17.9 Å². The Balaban J connectivity index is 1.47. The Morgan fingerprint density at radius 2 is 2.04 bits per heavy atom. The maximum Gasteiger partial charge on any atom is 0.274 e. The predicted octanol–water partition coefficient (Wildman–Crippen LogP) is 2.98. The highest BCUT2D eigenvalue weighted by molar-refractivity contribution is 5.92. The van der Waals surface area contributed by atoms with E-state index in [4.69, 9.17) is 4.74 Å². The van der Waals surface area contributed by atoms with Gasteiger partial charge in [-0.1, -0.05) is 37.3 Å². The summed E-state index contributed by atoms with van der Waals surface area (Å²) < 4.78 is 6.71. The fourth-order valence-electron chi connectivity index (χ4n) is 4.52. The third kappa shape index (κ3) is 4.08. The molecule has 0 saturated carbocycles. The number of hydrogen-bond acceptors (Lipinski definition) is 5. The van der Waals surface area contributed by atoms with Gasteiger partial charge in [-0.3, -0.25) is 9.78 Å². The van der Waals surface area contributed by atoms with Crippen LogP contribution in [0.15, 0.2) is 48.9 Å². The van der Waals surface area contributed by atoms with E-state index < -0.39 is 0 Å². The lowest BCUT2D eigenvalue weighted by atomic mass is 9.79. The normalized spacial score (nSPS) is 24.2. The van der Waals surface area contributed by atoms with Crippen LogP contribution in [0.4, 0.5) is 0 Å². The van der Waals surface area contributed by atoms with Crippen LogP contribution in [0.1, 0.15) is 54.8 Å². The van der Waals surface area contributed by atoms with Gasteiger partial charge in [-0.25, -0.2) is 4.98 Å². The van der Waals surface area contributed by atoms with Crippen LogP contribution in [0.25, 0.3) is 0 Å². The van der Waals surface area contributed by atoms with Gasteiger partial charge in [-0.05, 0) is 37.8 Å². The quantitative estimate of drug-likeness (QED) is 0.883. The molecule has 6 heteroatoms. The molecule has 28 heavy (non-hydrogen) atoms. The van der Waals surface area contributed by atoms with Gasteiger partial charge in [-0.2, -0.15) is 0 Å². The lowest BCUT2D eigenvalue weighted by Crippen LogP contribution is -2.54. The Kier molecular flexibility index (Phi) is 5.69. The minimum absolute atomic E-state index is 0.0402. The molecule has 4 rings (SSSR count). The first-order chi connectivity index (χ1) is 13.7. The largest absolute Gasteiger partial charge is 0.367 e. The van der Waals surface area contributed by atoms with E-state index in [2.05, 4.69) is 46.5 Å². The van der Waals surface area contributed by atoms with Gasteiger partial charge in [-0.15, -0.1) is 0 Å². The highest BCUT2D eigenvalue weighted by Gasteiger charge is 2.44. The molecule has 0 bridgehead atoms. The first-order valence-corrected chi connectivity index (χ1v) is 10.2. The number of piperidine rings is 1. The van der Waals surface area contributed by atoms with Crippen LogP contribution in [0.3, 0.4) is 0 Å². The van der Waals surface area contributed by atoms with Gasteiger partial charge in [0, 0.05) is 31.5 Å². The van der Waals surface area contributed by atoms with E-state index in [0.29, 0.717) is 24.8 Å². The van der Waals surface area contributed by atoms with Crippen molar-refractivity contribution in [2.75, 3.05) is 19.6 Å². The minimum Gasteiger partial charge on any atom is -0.367 e. The van der Waals surface area contributed by atoms with Crippen molar-refractivity contribution in [2.24, 2.45) is 0 Å². The number of carbonyl (C=O) groups excluding carboxylic acids is 1. The summed E-state index contributed by atoms with van der Waals surface area (Å²) in [5, 5.41) is 3.64. The van der Waals surface area contributed by atoms with Crippen molar-refractivity contribution in [3.63, 3.8) is 0 Å². The number of nitrogens with one attached hydrogen (secondary N) is 1. The molecule has 0 aliphatic carbocycles. The molecule has 1 N–H and O–H groups in total. The number of carbonyl (C=O) groups is 1. The molecule has 1 aromatic heterocycles. The molecular weight excluding hydrogens is 352 g/mol. The molecular formula is C22H28N4O2. The van der Waals surface area contributed by atoms with Crippen LogP contribution >= 0.6 is 0 Å². The number of hydrogen-bond donors (Lipinski definition) is 1. The molecule has 148 valence electrons. The zero-order valence-corrected chi connectivity index (χ0v) is 16.4. The summed E-state index contributed by atoms with van der Waals surface area (Å²) in [6, 6.07) is 10.9. The molecule has 1 aromatic carbocycles. The molecule has 2 aromatic rings. The summed E-state index contributed by atoms with van der Waals surface area (Å²) in [5.74, 6) is -0.0402. The number of ether oxygens (including phenoxy) is 1. The predicted molar refractivity (Wildman–Crippen MR) is 107 cm³/mol. The smallest absolute Gasteiger partial charge is 0.274 e. The Labute approximate surface area is 166 Å². The SMILES string of the molecule is CCN[C@H]1C[C@@H](c2ccccc2)OC2(CCN(C(=O)c3cnccn3)CC2)C1. The summed E-state index contributed by atoms with van der Waals surface area (Å²) in [6.45, 7) is 4.49. The van der Waals surface area contributed by atoms with Crippen molar-refractivity contribution in [3.05, 3.63) is 60.2 Å². The van der Waals surface area contributed by atoms with E-state index >= 15 is 0 Å². The molecule has 1 spiro atoms. The van der Waals surface area contributed by atoms with E-state index in [1.54, 1.807) is 12.4 Å². The summed E-state index contributed by atoms with van der Waals surface area (Å²) in [5.41, 5.74) is 1.48. The summed E-state index contributed by atoms with van der Waals surface area (Å²) in [6.07, 6.45) is 8.47. The third-order valence-electron chi connectivity index (χ3n) is 5.92. The second kappa shape index (κ2) is 8.37. The number of benzene rings is 1. The Morgan fingerprint density at radius 1 is 1.25 bits per heavy atom. The van der Waals surface area contributed by atoms with Crippen LogP contribution in [0.2, 0.25) is 0 Å². The van der Waals surface area contributed by atoms with Crippen molar-refractivity contribution >= 4 is 5.91 Å². The molecule has 1 amide bonds. The van der Waals surface area contributed by atoms with E-state index in [0.717, 1.165) is 32.2 Å². The number of amides is 1. The van der Waals surface area contributed by atoms with E-state index in [-0.39, 0.29) is 17.6 Å². The van der Waals surface area contributed by atoms with E-state index in [1.807, 2.05) is 11.0 Å². The third-order valence-corrected chi connectivity index (χ3v) is 5.92. The second-order valence-electron chi connectivity index (χ2n) is 7.78. The van der Waals surface area contributed by atoms with Gasteiger partial charge < -0.3 is 15.0 Å². The lowest BCUT2D eigenvalue weighted by molar-refractivity contribution is -0.160. The van der Waals surface area contributed by atoms with Gasteiger partial charge in [0.25, 0.3) is 5.91 Å². The fraction of sp³-hybridized carbons (Fsp3) is 0.500. The molecule has 2 fully saturated rings. The number of likely N-dealkylation sites (tertiary alicyclic amines) is 1. The van der Waals surface area contributed by atoms with Crippen LogP contribution < -0.4 is 5.32 Å². The Morgan fingerprint density at radius 3 is 2.71 bits per heavy atom. The Bertz CT molecular complexity index is 776. The maximum absolute atomic E-state index is 12.7. The van der Waals surface area contributed by atoms with Gasteiger partial charge >= 0.3 is 0 Å². The second-order valence-corrected chi connectivity index (χ2v) is 7.78. The number of nitrogens with zero attached hydrogens (tertiary/aromatic N) is 3. The number of rotatable bonds is 4. The van der Waals surface area contributed by atoms with E-state index in [1.165, 1.54) is 11.8 Å². The average molecular weight is 380 g/mol. The lowest BCUT2D eigenvalue weighted by Gasteiger charge is -2.49. The van der Waals surface area contributed by atoms with Gasteiger partial charge in [0.2, 0.25) is 0 Å². The molecule has 6 nitrogen and oxygen atoms in total. The average Bonchev–Trinajstić information content (AvgIpc) is 2.75. The summed E-state index contributed by atoms with van der Waals surface area (Å²) in [7, 11) is 0. The maximum atomic E-state index is 12.7. The molecule has 2 aliphatic heterocycles. The van der Waals surface area contributed by atoms with Crippen LogP contribution in [-0.2, 0) is 4.74 Å². The minimum atomic E-state index is -0.176. The van der Waals surface area contributed by atoms with Crippen molar-refractivity contribution in [1.82, 2.24) is 20.2 Å². The molecule has 2 aliphatic rings. The van der Waals surface area contributed by atoms with Crippen LogP contribution in [0.5, 0.6) is 0 Å². The standard InChI is InChI=1S/C22H28N4O2/c1-2-24-18-14-20(17-6-4-3-5-7-17)28-22(15-18)8-12-26(13-9-22)21(27)19-16-23-10-11-25-19/h3-7,10-11,16,18,20,24H,2,8-9,12-15H2,1H3/t18-,20-/m0/s1. The van der Waals surface area contributed by atoms with Crippen LogP contribution in [-0.4, -0.2) is 52.1 Å². The van der Waals surface area contributed by atoms with Crippen molar-refractivity contribution in [2.45, 2.75) is 50.4 Å².